The van der Waals surface area contributed by atoms with Crippen LogP contribution in [0.25, 0.3) is 0 Å². The zero-order valence-electron chi connectivity index (χ0n) is 18.2. The maximum Gasteiger partial charge on any atom is 0.253 e. The SMILES string of the molecule is CCc1cc(O)cc(CC)c1OCCCOc1ccc(C(=O)N2CCCCC2)cc1. The Hall–Kier alpha value is -2.69. The van der Waals surface area contributed by atoms with E-state index < -0.39 is 0 Å². The Balaban J connectivity index is 1.45. The maximum atomic E-state index is 12.5. The summed E-state index contributed by atoms with van der Waals surface area (Å²) in [4.78, 5) is 14.5. The fraction of sp³-hybridized carbons (Fsp3) is 0.480. The Labute approximate surface area is 179 Å². The van der Waals surface area contributed by atoms with Gasteiger partial charge in [0.25, 0.3) is 5.91 Å². The predicted octanol–water partition coefficient (Wildman–Crippen LogP) is 4.99. The number of likely N-dealkylation sites (tertiary alicyclic amines) is 1. The van der Waals surface area contributed by atoms with Crippen LogP contribution >= 0.6 is 0 Å². The highest BCUT2D eigenvalue weighted by atomic mass is 16.5. The van der Waals surface area contributed by atoms with Crippen LogP contribution in [0.2, 0.25) is 0 Å². The topological polar surface area (TPSA) is 59.0 Å². The number of nitrogens with zero attached hydrogens (tertiary/aromatic N) is 1. The van der Waals surface area contributed by atoms with Gasteiger partial charge in [-0.15, -0.1) is 0 Å². The standard InChI is InChI=1S/C25H33NO4/c1-3-19-17-22(27)18-20(4-2)24(19)30-16-8-15-29-23-11-9-21(10-12-23)25(28)26-13-6-5-7-14-26/h9-12,17-18,27H,3-8,13-16H2,1-2H3. The lowest BCUT2D eigenvalue weighted by Gasteiger charge is -2.26. The Bertz CT molecular complexity index is 801. The van der Waals surface area contributed by atoms with Crippen molar-refractivity contribution in [2.75, 3.05) is 26.3 Å². The minimum absolute atomic E-state index is 0.113. The van der Waals surface area contributed by atoms with Crippen LogP contribution < -0.4 is 9.47 Å². The molecule has 0 radical (unpaired) electrons. The van der Waals surface area contributed by atoms with Crippen LogP contribution in [0.15, 0.2) is 36.4 Å². The smallest absolute Gasteiger partial charge is 0.253 e. The molecule has 1 fully saturated rings. The van der Waals surface area contributed by atoms with E-state index in [0.717, 1.165) is 73.4 Å². The predicted molar refractivity (Wildman–Crippen MR) is 119 cm³/mol. The second kappa shape index (κ2) is 10.9. The van der Waals surface area contributed by atoms with Crippen LogP contribution in [0.1, 0.15) is 61.0 Å². The largest absolute Gasteiger partial charge is 0.508 e. The van der Waals surface area contributed by atoms with Crippen LogP contribution in [0.5, 0.6) is 17.2 Å². The van der Waals surface area contributed by atoms with E-state index in [9.17, 15) is 9.90 Å². The monoisotopic (exact) mass is 411 g/mol. The molecule has 2 aromatic rings. The maximum absolute atomic E-state index is 12.5. The number of carbonyl (C=O) groups is 1. The van der Waals surface area contributed by atoms with Gasteiger partial charge < -0.3 is 19.5 Å². The van der Waals surface area contributed by atoms with E-state index >= 15 is 0 Å². The first-order valence-electron chi connectivity index (χ1n) is 11.1. The molecule has 0 aliphatic carbocycles. The molecule has 162 valence electrons. The van der Waals surface area contributed by atoms with Gasteiger partial charge in [-0.3, -0.25) is 4.79 Å². The molecule has 0 unspecified atom stereocenters. The van der Waals surface area contributed by atoms with Gasteiger partial charge in [-0.1, -0.05) is 13.8 Å². The number of aromatic hydroxyl groups is 1. The Kier molecular flexibility index (Phi) is 8.00. The summed E-state index contributed by atoms with van der Waals surface area (Å²) in [5, 5.41) is 9.84. The average molecular weight is 412 g/mol. The molecule has 1 saturated heterocycles. The van der Waals surface area contributed by atoms with E-state index in [-0.39, 0.29) is 5.91 Å². The van der Waals surface area contributed by atoms with Gasteiger partial charge in [-0.2, -0.15) is 0 Å². The van der Waals surface area contributed by atoms with Gasteiger partial charge in [0.05, 0.1) is 13.2 Å². The van der Waals surface area contributed by atoms with Gasteiger partial charge >= 0.3 is 0 Å². The van der Waals surface area contributed by atoms with Crippen LogP contribution in [-0.2, 0) is 12.8 Å². The summed E-state index contributed by atoms with van der Waals surface area (Å²) in [6, 6.07) is 11.0. The fourth-order valence-corrected chi connectivity index (χ4v) is 3.84. The molecule has 1 heterocycles. The van der Waals surface area contributed by atoms with Crippen molar-refractivity contribution in [2.45, 2.75) is 52.4 Å². The molecule has 3 rings (SSSR count). The summed E-state index contributed by atoms with van der Waals surface area (Å²) in [6.07, 6.45) is 5.79. The fourth-order valence-electron chi connectivity index (χ4n) is 3.84. The van der Waals surface area contributed by atoms with Crippen LogP contribution in [0, 0.1) is 0 Å². The number of rotatable bonds is 9. The summed E-state index contributed by atoms with van der Waals surface area (Å²) >= 11 is 0. The van der Waals surface area contributed by atoms with E-state index in [1.54, 1.807) is 12.1 Å². The molecule has 1 aliphatic rings. The van der Waals surface area contributed by atoms with Crippen molar-refractivity contribution in [2.24, 2.45) is 0 Å². The highest BCUT2D eigenvalue weighted by Crippen LogP contribution is 2.30. The molecule has 1 aliphatic heterocycles. The number of ether oxygens (including phenoxy) is 2. The summed E-state index contributed by atoms with van der Waals surface area (Å²) in [7, 11) is 0. The molecule has 2 aromatic carbocycles. The molecule has 0 saturated carbocycles. The number of aryl methyl sites for hydroxylation is 2. The Morgan fingerprint density at radius 3 is 2.13 bits per heavy atom. The lowest BCUT2D eigenvalue weighted by molar-refractivity contribution is 0.0724. The van der Waals surface area contributed by atoms with Gasteiger partial charge in [-0.05, 0) is 79.6 Å². The molecule has 1 N–H and O–H groups in total. The molecule has 5 nitrogen and oxygen atoms in total. The normalized spacial score (nSPS) is 13.9. The Morgan fingerprint density at radius 1 is 0.933 bits per heavy atom. The molecular weight excluding hydrogens is 378 g/mol. The highest BCUT2D eigenvalue weighted by Gasteiger charge is 2.18. The van der Waals surface area contributed by atoms with Crippen LogP contribution in [-0.4, -0.2) is 42.2 Å². The number of carbonyl (C=O) groups excluding carboxylic acids is 1. The molecule has 0 atom stereocenters. The first-order chi connectivity index (χ1) is 14.6. The molecule has 30 heavy (non-hydrogen) atoms. The van der Waals surface area contributed by atoms with Crippen molar-refractivity contribution in [1.29, 1.82) is 0 Å². The first kappa shape index (κ1) is 22.0. The summed E-state index contributed by atoms with van der Waals surface area (Å²) < 4.78 is 11.8. The number of amides is 1. The number of hydrogen-bond acceptors (Lipinski definition) is 4. The van der Waals surface area contributed by atoms with Crippen LogP contribution in [0.4, 0.5) is 0 Å². The van der Waals surface area contributed by atoms with Gasteiger partial charge in [0, 0.05) is 25.1 Å². The quantitative estimate of drug-likeness (QED) is 0.591. The average Bonchev–Trinajstić information content (AvgIpc) is 2.79. The van der Waals surface area contributed by atoms with E-state index in [0.29, 0.717) is 19.0 Å². The van der Waals surface area contributed by atoms with E-state index in [2.05, 4.69) is 13.8 Å². The second-order valence-corrected chi connectivity index (χ2v) is 7.73. The number of benzene rings is 2. The van der Waals surface area contributed by atoms with Crippen molar-refractivity contribution >= 4 is 5.91 Å². The summed E-state index contributed by atoms with van der Waals surface area (Å²) in [5.41, 5.74) is 2.78. The van der Waals surface area contributed by atoms with E-state index in [1.807, 2.05) is 29.2 Å². The van der Waals surface area contributed by atoms with Gasteiger partial charge in [-0.25, -0.2) is 0 Å². The zero-order chi connectivity index (χ0) is 21.3. The number of phenolic OH excluding ortho intramolecular Hbond substituents is 1. The minimum atomic E-state index is 0.113. The lowest BCUT2D eigenvalue weighted by atomic mass is 10.0. The molecule has 0 spiro atoms. The van der Waals surface area contributed by atoms with Gasteiger partial charge in [0.15, 0.2) is 0 Å². The summed E-state index contributed by atoms with van der Waals surface area (Å²) in [5.74, 6) is 2.06. The first-order valence-corrected chi connectivity index (χ1v) is 11.1. The van der Waals surface area contributed by atoms with E-state index in [4.69, 9.17) is 9.47 Å². The van der Waals surface area contributed by atoms with Crippen molar-refractivity contribution in [3.05, 3.63) is 53.1 Å². The third-order valence-corrected chi connectivity index (χ3v) is 5.54. The molecule has 1 amide bonds. The van der Waals surface area contributed by atoms with Crippen molar-refractivity contribution in [3.8, 4) is 17.2 Å². The van der Waals surface area contributed by atoms with Crippen molar-refractivity contribution < 1.29 is 19.4 Å². The molecule has 5 heteroatoms. The second-order valence-electron chi connectivity index (χ2n) is 7.73. The Morgan fingerprint density at radius 2 is 1.53 bits per heavy atom. The van der Waals surface area contributed by atoms with Crippen LogP contribution in [0.3, 0.4) is 0 Å². The van der Waals surface area contributed by atoms with Crippen molar-refractivity contribution in [1.82, 2.24) is 4.90 Å². The number of hydrogen-bond donors (Lipinski definition) is 1. The van der Waals surface area contributed by atoms with Gasteiger partial charge in [0.2, 0.25) is 0 Å². The zero-order valence-corrected chi connectivity index (χ0v) is 18.2. The molecular formula is C25H33NO4. The molecule has 0 aromatic heterocycles. The lowest BCUT2D eigenvalue weighted by Crippen LogP contribution is -2.35. The van der Waals surface area contributed by atoms with E-state index in [1.165, 1.54) is 6.42 Å². The highest BCUT2D eigenvalue weighted by molar-refractivity contribution is 5.94. The third-order valence-electron chi connectivity index (χ3n) is 5.54. The van der Waals surface area contributed by atoms with Crippen molar-refractivity contribution in [3.63, 3.8) is 0 Å². The third kappa shape index (κ3) is 5.68. The van der Waals surface area contributed by atoms with Gasteiger partial charge in [0.1, 0.15) is 17.2 Å². The minimum Gasteiger partial charge on any atom is -0.508 e. The number of piperidine rings is 1. The number of phenols is 1. The molecule has 0 bridgehead atoms. The summed E-state index contributed by atoms with van der Waals surface area (Å²) in [6.45, 7) is 6.93.